The molecule has 0 aliphatic heterocycles. The summed E-state index contributed by atoms with van der Waals surface area (Å²) in [5, 5.41) is 3.57. The smallest absolute Gasteiger partial charge is 0.119 e. The van der Waals surface area contributed by atoms with Gasteiger partial charge in [-0.1, -0.05) is 45.4 Å². The molecule has 0 aliphatic carbocycles. The van der Waals surface area contributed by atoms with Crippen molar-refractivity contribution in [1.29, 1.82) is 0 Å². The Labute approximate surface area is 112 Å². The van der Waals surface area contributed by atoms with Crippen LogP contribution in [0.1, 0.15) is 39.7 Å². The second-order valence-electron chi connectivity index (χ2n) is 6.00. The first-order chi connectivity index (χ1) is 8.43. The van der Waals surface area contributed by atoms with Gasteiger partial charge in [-0.2, -0.15) is 0 Å². The topological polar surface area (TPSA) is 21.3 Å². The fraction of sp³-hybridized carbons (Fsp3) is 0.625. The number of hydrogen-bond acceptors (Lipinski definition) is 2. The predicted molar refractivity (Wildman–Crippen MR) is 78.2 cm³/mol. The summed E-state index contributed by atoms with van der Waals surface area (Å²) in [5.41, 5.74) is 1.47. The molecule has 1 atom stereocenters. The lowest BCUT2D eigenvalue weighted by Crippen LogP contribution is -2.45. The largest absolute Gasteiger partial charge is 0.492 e. The maximum atomic E-state index is 5.88. The second kappa shape index (κ2) is 6.79. The molecule has 1 N–H and O–H groups in total. The Balaban J connectivity index is 2.53. The van der Waals surface area contributed by atoms with Gasteiger partial charge in [-0.05, 0) is 37.4 Å². The standard InChI is InChI=1S/C16H27NO/c1-6-11-17-15(16(3,4)5)12-18-14-9-7-13(2)8-10-14/h7-10,15,17H,6,11-12H2,1-5H3. The number of nitrogens with one attached hydrogen (secondary N) is 1. The monoisotopic (exact) mass is 249 g/mol. The van der Waals surface area contributed by atoms with E-state index in [2.05, 4.69) is 52.1 Å². The molecule has 0 bridgehead atoms. The summed E-state index contributed by atoms with van der Waals surface area (Å²) in [5.74, 6) is 0.952. The molecule has 102 valence electrons. The lowest BCUT2D eigenvalue weighted by Gasteiger charge is -2.31. The third-order valence-corrected chi connectivity index (χ3v) is 3.12. The summed E-state index contributed by atoms with van der Waals surface area (Å²) in [6.45, 7) is 12.8. The maximum absolute atomic E-state index is 5.88. The van der Waals surface area contributed by atoms with Crippen molar-refractivity contribution in [2.24, 2.45) is 5.41 Å². The van der Waals surface area contributed by atoms with Crippen LogP contribution in [0, 0.1) is 12.3 Å². The third-order valence-electron chi connectivity index (χ3n) is 3.12. The van der Waals surface area contributed by atoms with Gasteiger partial charge in [-0.3, -0.25) is 0 Å². The van der Waals surface area contributed by atoms with Gasteiger partial charge in [0.05, 0.1) is 0 Å². The molecule has 0 radical (unpaired) electrons. The van der Waals surface area contributed by atoms with Gasteiger partial charge in [-0.15, -0.1) is 0 Å². The number of benzene rings is 1. The molecule has 0 amide bonds. The van der Waals surface area contributed by atoms with Crippen LogP contribution in [0.25, 0.3) is 0 Å². The average molecular weight is 249 g/mol. The van der Waals surface area contributed by atoms with E-state index in [4.69, 9.17) is 4.74 Å². The first kappa shape index (κ1) is 15.0. The van der Waals surface area contributed by atoms with Crippen molar-refractivity contribution < 1.29 is 4.74 Å². The Bertz CT molecular complexity index is 337. The summed E-state index contributed by atoms with van der Waals surface area (Å²) in [6, 6.07) is 8.62. The highest BCUT2D eigenvalue weighted by Crippen LogP contribution is 2.21. The van der Waals surface area contributed by atoms with E-state index in [1.807, 2.05) is 12.1 Å². The Hall–Kier alpha value is -1.02. The summed E-state index contributed by atoms with van der Waals surface area (Å²) in [4.78, 5) is 0. The molecular formula is C16H27NO. The van der Waals surface area contributed by atoms with Crippen LogP contribution in [-0.2, 0) is 0 Å². The average Bonchev–Trinajstić information content (AvgIpc) is 2.30. The van der Waals surface area contributed by atoms with Crippen LogP contribution in [0.5, 0.6) is 5.75 Å². The van der Waals surface area contributed by atoms with E-state index in [1.165, 1.54) is 5.56 Å². The molecule has 1 aromatic rings. The Morgan fingerprint density at radius 1 is 1.17 bits per heavy atom. The van der Waals surface area contributed by atoms with Crippen LogP contribution >= 0.6 is 0 Å². The van der Waals surface area contributed by atoms with Crippen LogP contribution in [0.4, 0.5) is 0 Å². The van der Waals surface area contributed by atoms with Crippen molar-refractivity contribution in [2.45, 2.75) is 47.1 Å². The molecule has 18 heavy (non-hydrogen) atoms. The molecule has 0 aliphatic rings. The van der Waals surface area contributed by atoms with E-state index in [0.29, 0.717) is 12.6 Å². The lowest BCUT2D eigenvalue weighted by molar-refractivity contribution is 0.174. The molecule has 1 unspecified atom stereocenters. The van der Waals surface area contributed by atoms with Crippen molar-refractivity contribution in [3.63, 3.8) is 0 Å². The third kappa shape index (κ3) is 5.09. The summed E-state index contributed by atoms with van der Waals surface area (Å²) < 4.78 is 5.88. The Morgan fingerprint density at radius 2 is 1.78 bits per heavy atom. The molecule has 1 rings (SSSR count). The van der Waals surface area contributed by atoms with Gasteiger partial charge in [0.15, 0.2) is 0 Å². The van der Waals surface area contributed by atoms with E-state index >= 15 is 0 Å². The molecule has 0 saturated heterocycles. The van der Waals surface area contributed by atoms with Crippen molar-refractivity contribution in [3.05, 3.63) is 29.8 Å². The van der Waals surface area contributed by atoms with E-state index in [1.54, 1.807) is 0 Å². The minimum atomic E-state index is 0.208. The number of aryl methyl sites for hydroxylation is 1. The van der Waals surface area contributed by atoms with Gasteiger partial charge < -0.3 is 10.1 Å². The number of ether oxygens (including phenoxy) is 1. The van der Waals surface area contributed by atoms with Gasteiger partial charge in [-0.25, -0.2) is 0 Å². The number of rotatable bonds is 6. The molecule has 0 aromatic heterocycles. The molecule has 0 saturated carbocycles. The molecule has 1 aromatic carbocycles. The zero-order valence-electron chi connectivity index (χ0n) is 12.4. The molecular weight excluding hydrogens is 222 g/mol. The molecule has 0 fully saturated rings. The van der Waals surface area contributed by atoms with Crippen LogP contribution in [0.15, 0.2) is 24.3 Å². The van der Waals surface area contributed by atoms with Gasteiger partial charge in [0.1, 0.15) is 12.4 Å². The first-order valence-corrected chi connectivity index (χ1v) is 6.86. The highest BCUT2D eigenvalue weighted by molar-refractivity contribution is 5.26. The minimum absolute atomic E-state index is 0.208. The highest BCUT2D eigenvalue weighted by atomic mass is 16.5. The lowest BCUT2D eigenvalue weighted by atomic mass is 9.87. The molecule has 0 spiro atoms. The fourth-order valence-electron chi connectivity index (χ4n) is 1.75. The van der Waals surface area contributed by atoms with Crippen LogP contribution in [-0.4, -0.2) is 19.2 Å². The fourth-order valence-corrected chi connectivity index (χ4v) is 1.75. The van der Waals surface area contributed by atoms with E-state index in [9.17, 15) is 0 Å². The highest BCUT2D eigenvalue weighted by Gasteiger charge is 2.24. The van der Waals surface area contributed by atoms with E-state index in [0.717, 1.165) is 18.7 Å². The Morgan fingerprint density at radius 3 is 2.28 bits per heavy atom. The quantitative estimate of drug-likeness (QED) is 0.828. The zero-order chi connectivity index (χ0) is 13.6. The van der Waals surface area contributed by atoms with Crippen LogP contribution in [0.3, 0.4) is 0 Å². The first-order valence-electron chi connectivity index (χ1n) is 6.86. The second-order valence-corrected chi connectivity index (χ2v) is 6.00. The predicted octanol–water partition coefficient (Wildman–Crippen LogP) is 3.79. The molecule has 2 nitrogen and oxygen atoms in total. The van der Waals surface area contributed by atoms with Gasteiger partial charge in [0.2, 0.25) is 0 Å². The van der Waals surface area contributed by atoms with Crippen molar-refractivity contribution in [2.75, 3.05) is 13.2 Å². The van der Waals surface area contributed by atoms with Crippen molar-refractivity contribution in [1.82, 2.24) is 5.32 Å². The Kier molecular flexibility index (Phi) is 5.67. The van der Waals surface area contributed by atoms with E-state index < -0.39 is 0 Å². The summed E-state index contributed by atoms with van der Waals surface area (Å²) in [6.07, 6.45) is 1.15. The summed E-state index contributed by atoms with van der Waals surface area (Å²) in [7, 11) is 0. The zero-order valence-corrected chi connectivity index (χ0v) is 12.4. The maximum Gasteiger partial charge on any atom is 0.119 e. The molecule has 0 heterocycles. The van der Waals surface area contributed by atoms with Gasteiger partial charge in [0.25, 0.3) is 0 Å². The van der Waals surface area contributed by atoms with E-state index in [-0.39, 0.29) is 5.41 Å². The van der Waals surface area contributed by atoms with Crippen molar-refractivity contribution >= 4 is 0 Å². The molecule has 2 heteroatoms. The van der Waals surface area contributed by atoms with Gasteiger partial charge in [0, 0.05) is 6.04 Å². The normalized spacial score (nSPS) is 13.4. The SMILES string of the molecule is CCCNC(COc1ccc(C)cc1)C(C)(C)C. The summed E-state index contributed by atoms with van der Waals surface area (Å²) >= 11 is 0. The van der Waals surface area contributed by atoms with Crippen LogP contribution < -0.4 is 10.1 Å². The van der Waals surface area contributed by atoms with Gasteiger partial charge >= 0.3 is 0 Å². The minimum Gasteiger partial charge on any atom is -0.492 e. The van der Waals surface area contributed by atoms with Crippen molar-refractivity contribution in [3.8, 4) is 5.75 Å². The number of hydrogen-bond donors (Lipinski definition) is 1. The van der Waals surface area contributed by atoms with Crippen LogP contribution in [0.2, 0.25) is 0 Å².